The Bertz CT molecular complexity index is 848. The minimum absolute atomic E-state index is 0.109. The van der Waals surface area contributed by atoms with Crippen molar-refractivity contribution in [1.82, 2.24) is 0 Å². The summed E-state index contributed by atoms with van der Waals surface area (Å²) in [7, 11) is 0. The highest BCUT2D eigenvalue weighted by Crippen LogP contribution is 2.42. The van der Waals surface area contributed by atoms with E-state index in [1.807, 2.05) is 30.3 Å². The van der Waals surface area contributed by atoms with Crippen LogP contribution < -0.4 is 0 Å². The van der Waals surface area contributed by atoms with Gasteiger partial charge in [-0.25, -0.2) is 0 Å². The fraction of sp³-hybridized carbons (Fsp3) is 0.458. The lowest BCUT2D eigenvalue weighted by atomic mass is 9.78. The van der Waals surface area contributed by atoms with Crippen molar-refractivity contribution in [2.24, 2.45) is 11.8 Å². The van der Waals surface area contributed by atoms with Crippen LogP contribution in [0.1, 0.15) is 56.9 Å². The Labute approximate surface area is 177 Å². The van der Waals surface area contributed by atoms with E-state index in [0.717, 1.165) is 23.1 Å². The van der Waals surface area contributed by atoms with Gasteiger partial charge in [-0.15, -0.1) is 0 Å². The number of hydrogen-bond acceptors (Lipinski definition) is 4. The number of phenols is 1. The quantitative estimate of drug-likeness (QED) is 0.636. The number of benzene rings is 2. The van der Waals surface area contributed by atoms with Gasteiger partial charge in [0.15, 0.2) is 0 Å². The average Bonchev–Trinajstić information content (AvgIpc) is 2.69. The van der Waals surface area contributed by atoms with Crippen LogP contribution in [0.2, 0.25) is 5.02 Å². The van der Waals surface area contributed by atoms with Crippen molar-refractivity contribution in [2.45, 2.75) is 58.8 Å². The fourth-order valence-electron chi connectivity index (χ4n) is 4.14. The predicted molar refractivity (Wildman–Crippen MR) is 114 cm³/mol. The second-order valence-electron chi connectivity index (χ2n) is 7.99. The molecule has 2 aromatic carbocycles. The van der Waals surface area contributed by atoms with Crippen LogP contribution in [0.4, 0.5) is 0 Å². The van der Waals surface area contributed by atoms with Gasteiger partial charge >= 0.3 is 5.97 Å². The van der Waals surface area contributed by atoms with Gasteiger partial charge in [0.25, 0.3) is 0 Å². The van der Waals surface area contributed by atoms with Gasteiger partial charge in [0, 0.05) is 17.9 Å². The van der Waals surface area contributed by atoms with Gasteiger partial charge in [-0.05, 0) is 53.6 Å². The summed E-state index contributed by atoms with van der Waals surface area (Å²) in [5.41, 5.74) is 2.99. The summed E-state index contributed by atoms with van der Waals surface area (Å²) < 4.78 is 12.1. The molecule has 1 fully saturated rings. The first-order valence-electron chi connectivity index (χ1n) is 10.2. The molecule has 0 radical (unpaired) electrons. The molecule has 0 bridgehead atoms. The molecule has 2 aromatic rings. The predicted octanol–water partition coefficient (Wildman–Crippen LogP) is 5.69. The Kier molecular flexibility index (Phi) is 6.86. The lowest BCUT2D eigenvalue weighted by molar-refractivity contribution is -0.196. The average molecular weight is 417 g/mol. The number of carbonyl (C=O) groups is 1. The highest BCUT2D eigenvalue weighted by Gasteiger charge is 2.43. The number of hydrogen-bond donors (Lipinski definition) is 1. The van der Waals surface area contributed by atoms with Gasteiger partial charge in [0.05, 0.1) is 6.10 Å². The van der Waals surface area contributed by atoms with E-state index in [0.29, 0.717) is 17.4 Å². The summed E-state index contributed by atoms with van der Waals surface area (Å²) in [6, 6.07) is 13.0. The second-order valence-corrected chi connectivity index (χ2v) is 8.40. The van der Waals surface area contributed by atoms with Crippen molar-refractivity contribution in [3.05, 3.63) is 64.2 Å². The van der Waals surface area contributed by atoms with Gasteiger partial charge in [-0.2, -0.15) is 0 Å². The first kappa shape index (κ1) is 21.7. The van der Waals surface area contributed by atoms with Crippen molar-refractivity contribution in [3.63, 3.8) is 0 Å². The number of esters is 1. The summed E-state index contributed by atoms with van der Waals surface area (Å²) in [4.78, 5) is 11.8. The lowest BCUT2D eigenvalue weighted by Gasteiger charge is -2.44. The minimum atomic E-state index is -0.340. The van der Waals surface area contributed by atoms with Crippen LogP contribution in [0.5, 0.6) is 5.75 Å². The van der Waals surface area contributed by atoms with Gasteiger partial charge in [-0.1, -0.05) is 56.6 Å². The van der Waals surface area contributed by atoms with Crippen LogP contribution in [-0.4, -0.2) is 23.3 Å². The third-order valence-corrected chi connectivity index (χ3v) is 6.36. The molecule has 0 spiro atoms. The van der Waals surface area contributed by atoms with Gasteiger partial charge in [-0.3, -0.25) is 4.79 Å². The fourth-order valence-corrected chi connectivity index (χ4v) is 4.33. The van der Waals surface area contributed by atoms with E-state index in [4.69, 9.17) is 21.1 Å². The minimum Gasteiger partial charge on any atom is -0.508 e. The molecular formula is C24H29ClO4. The summed E-state index contributed by atoms with van der Waals surface area (Å²) in [5, 5.41) is 10.2. The number of carbonyl (C=O) groups excluding carboxylic acids is 1. The van der Waals surface area contributed by atoms with E-state index in [2.05, 4.69) is 20.8 Å². The number of aromatic hydroxyl groups is 1. The first-order chi connectivity index (χ1) is 13.8. The molecular weight excluding hydrogens is 388 g/mol. The molecule has 5 heteroatoms. The Morgan fingerprint density at radius 2 is 1.83 bits per heavy atom. The highest BCUT2D eigenvalue weighted by atomic mass is 35.5. The zero-order valence-corrected chi connectivity index (χ0v) is 18.1. The van der Waals surface area contributed by atoms with Crippen LogP contribution in [0.15, 0.2) is 42.5 Å². The van der Waals surface area contributed by atoms with Crippen LogP contribution in [0.3, 0.4) is 0 Å². The Morgan fingerprint density at radius 1 is 1.14 bits per heavy atom. The van der Waals surface area contributed by atoms with Crippen molar-refractivity contribution >= 4 is 17.6 Å². The molecule has 1 aliphatic rings. The van der Waals surface area contributed by atoms with Crippen molar-refractivity contribution in [2.75, 3.05) is 0 Å². The molecule has 1 heterocycles. The molecule has 4 nitrogen and oxygen atoms in total. The zero-order chi connectivity index (χ0) is 21.1. The van der Waals surface area contributed by atoms with E-state index in [1.54, 1.807) is 12.1 Å². The Morgan fingerprint density at radius 3 is 2.45 bits per heavy atom. The normalized spacial score (nSPS) is 26.9. The van der Waals surface area contributed by atoms with E-state index < -0.39 is 0 Å². The highest BCUT2D eigenvalue weighted by molar-refractivity contribution is 6.31. The Balaban J connectivity index is 1.93. The molecule has 0 saturated carbocycles. The molecule has 1 N–H and O–H groups in total. The maximum absolute atomic E-state index is 11.8. The van der Waals surface area contributed by atoms with Crippen LogP contribution in [-0.2, 0) is 20.7 Å². The third-order valence-electron chi connectivity index (χ3n) is 5.99. The lowest BCUT2D eigenvalue weighted by Crippen LogP contribution is -2.46. The van der Waals surface area contributed by atoms with Crippen molar-refractivity contribution < 1.29 is 19.4 Å². The van der Waals surface area contributed by atoms with Gasteiger partial charge in [0.2, 0.25) is 0 Å². The van der Waals surface area contributed by atoms with E-state index >= 15 is 0 Å². The third kappa shape index (κ3) is 4.93. The van der Waals surface area contributed by atoms with E-state index in [1.165, 1.54) is 6.92 Å². The molecule has 1 unspecified atom stereocenters. The number of rotatable bonds is 5. The van der Waals surface area contributed by atoms with E-state index in [9.17, 15) is 9.90 Å². The number of halogens is 1. The zero-order valence-electron chi connectivity index (χ0n) is 17.4. The van der Waals surface area contributed by atoms with E-state index in [-0.39, 0.29) is 35.9 Å². The first-order valence-corrected chi connectivity index (χ1v) is 10.6. The van der Waals surface area contributed by atoms with Crippen molar-refractivity contribution in [1.29, 1.82) is 0 Å². The molecule has 0 aromatic heterocycles. The summed E-state index contributed by atoms with van der Waals surface area (Å²) in [5.74, 6) is 0.418. The van der Waals surface area contributed by atoms with Gasteiger partial charge < -0.3 is 14.6 Å². The van der Waals surface area contributed by atoms with Crippen molar-refractivity contribution in [3.8, 4) is 5.75 Å². The molecule has 156 valence electrons. The maximum Gasteiger partial charge on any atom is 0.303 e. The smallest absolute Gasteiger partial charge is 0.303 e. The molecule has 0 aliphatic carbocycles. The standard InChI is InChI=1S/C24H29ClO4/c1-5-22-14(2)15(3)23(28-16(4)26)24(29-22)18-8-11-21(25)19(13-18)12-17-6-9-20(27)10-7-17/h6-11,13-15,22-24,27H,5,12H2,1-4H3/t14?,15-,22+,23+,24-/m0/s1. The maximum atomic E-state index is 11.8. The largest absolute Gasteiger partial charge is 0.508 e. The topological polar surface area (TPSA) is 55.8 Å². The van der Waals surface area contributed by atoms with Crippen LogP contribution in [0, 0.1) is 11.8 Å². The van der Waals surface area contributed by atoms with Crippen LogP contribution >= 0.6 is 11.6 Å². The van der Waals surface area contributed by atoms with Crippen LogP contribution in [0.25, 0.3) is 0 Å². The molecule has 29 heavy (non-hydrogen) atoms. The molecule has 1 saturated heterocycles. The van der Waals surface area contributed by atoms with Gasteiger partial charge in [0.1, 0.15) is 18.0 Å². The molecule has 1 aliphatic heterocycles. The second kappa shape index (κ2) is 9.19. The molecule has 3 rings (SSSR count). The number of ether oxygens (including phenoxy) is 2. The number of phenolic OH excluding ortho intramolecular Hbond substituents is 1. The Hall–Kier alpha value is -2.04. The SMILES string of the molecule is CC[C@H]1O[C@@H](c2ccc(Cl)c(Cc3ccc(O)cc3)c2)[C@H](OC(C)=O)[C@@H](C)C1C. The molecule has 0 amide bonds. The molecule has 5 atom stereocenters. The summed E-state index contributed by atoms with van der Waals surface area (Å²) in [6.45, 7) is 7.85. The summed E-state index contributed by atoms with van der Waals surface area (Å²) >= 11 is 6.47. The monoisotopic (exact) mass is 416 g/mol. The summed E-state index contributed by atoms with van der Waals surface area (Å²) in [6.07, 6.45) is 0.987.